The highest BCUT2D eigenvalue weighted by Gasteiger charge is 2.36. The first-order valence-corrected chi connectivity index (χ1v) is 7.23. The molecule has 1 amide bonds. The van der Waals surface area contributed by atoms with Crippen molar-refractivity contribution in [2.45, 2.75) is 46.2 Å². The number of hydrogen-bond donors (Lipinski definition) is 2. The number of carbonyl (C=O) groups excluding carboxylic acids is 1. The van der Waals surface area contributed by atoms with Gasteiger partial charge in [-0.25, -0.2) is 4.98 Å². The van der Waals surface area contributed by atoms with E-state index >= 15 is 0 Å². The largest absolute Gasteiger partial charge is 0.348 e. The summed E-state index contributed by atoms with van der Waals surface area (Å²) < 4.78 is 0. The third-order valence-corrected chi connectivity index (χ3v) is 4.39. The van der Waals surface area contributed by atoms with Gasteiger partial charge in [-0.3, -0.25) is 4.79 Å². The van der Waals surface area contributed by atoms with E-state index in [9.17, 15) is 4.79 Å². The van der Waals surface area contributed by atoms with Gasteiger partial charge in [0.25, 0.3) is 0 Å². The Kier molecular flexibility index (Phi) is 4.02. The summed E-state index contributed by atoms with van der Waals surface area (Å²) >= 11 is 1.63. The van der Waals surface area contributed by atoms with E-state index < -0.39 is 0 Å². The number of nitrogens with one attached hydrogen (secondary N) is 2. The Labute approximate surface area is 112 Å². The SMILES string of the molecule is Cc1cnc(CNC(=O)C2NCCCC2(C)C)s1. The van der Waals surface area contributed by atoms with Gasteiger partial charge in [0.1, 0.15) is 5.01 Å². The standard InChI is InChI=1S/C13H21N3OS/c1-9-7-15-10(18-9)8-16-12(17)11-13(2,3)5-4-6-14-11/h7,11,14H,4-6,8H2,1-3H3,(H,16,17). The summed E-state index contributed by atoms with van der Waals surface area (Å²) in [5.41, 5.74) is 0.0289. The molecule has 4 nitrogen and oxygen atoms in total. The van der Waals surface area contributed by atoms with Crippen LogP contribution in [0.2, 0.25) is 0 Å². The number of thiazole rings is 1. The molecule has 0 saturated carbocycles. The fourth-order valence-electron chi connectivity index (χ4n) is 2.41. The number of aromatic nitrogens is 1. The van der Waals surface area contributed by atoms with E-state index in [0.29, 0.717) is 6.54 Å². The molecule has 1 fully saturated rings. The molecule has 5 heteroatoms. The van der Waals surface area contributed by atoms with Crippen molar-refractivity contribution in [3.05, 3.63) is 16.1 Å². The van der Waals surface area contributed by atoms with Gasteiger partial charge in [0.15, 0.2) is 0 Å². The molecule has 0 bridgehead atoms. The topological polar surface area (TPSA) is 54.0 Å². The van der Waals surface area contributed by atoms with Crippen LogP contribution in [-0.4, -0.2) is 23.5 Å². The zero-order chi connectivity index (χ0) is 13.2. The fourth-order valence-corrected chi connectivity index (χ4v) is 3.13. The molecule has 2 heterocycles. The molecule has 2 N–H and O–H groups in total. The van der Waals surface area contributed by atoms with Crippen LogP contribution < -0.4 is 10.6 Å². The lowest BCUT2D eigenvalue weighted by molar-refractivity contribution is -0.126. The van der Waals surface area contributed by atoms with E-state index in [1.165, 1.54) is 4.88 Å². The predicted octanol–water partition coefficient (Wildman–Crippen LogP) is 1.85. The van der Waals surface area contributed by atoms with Crippen molar-refractivity contribution in [3.8, 4) is 0 Å². The predicted molar refractivity (Wildman–Crippen MR) is 73.5 cm³/mol. The van der Waals surface area contributed by atoms with Crippen molar-refractivity contribution in [2.75, 3.05) is 6.54 Å². The molecule has 100 valence electrons. The Hall–Kier alpha value is -0.940. The first-order chi connectivity index (χ1) is 8.49. The average molecular weight is 267 g/mol. The van der Waals surface area contributed by atoms with Crippen LogP contribution in [0.5, 0.6) is 0 Å². The quantitative estimate of drug-likeness (QED) is 0.878. The highest BCUT2D eigenvalue weighted by molar-refractivity contribution is 7.11. The summed E-state index contributed by atoms with van der Waals surface area (Å²) in [6.07, 6.45) is 4.08. The van der Waals surface area contributed by atoms with Gasteiger partial charge >= 0.3 is 0 Å². The third-order valence-electron chi connectivity index (χ3n) is 3.47. The summed E-state index contributed by atoms with van der Waals surface area (Å²) in [5, 5.41) is 7.27. The minimum atomic E-state index is -0.0905. The van der Waals surface area contributed by atoms with Crippen LogP contribution in [-0.2, 0) is 11.3 Å². The molecule has 2 rings (SSSR count). The van der Waals surface area contributed by atoms with Gasteiger partial charge in [0.2, 0.25) is 5.91 Å². The molecule has 1 aliphatic heterocycles. The average Bonchev–Trinajstić information content (AvgIpc) is 2.71. The van der Waals surface area contributed by atoms with Crippen molar-refractivity contribution in [1.82, 2.24) is 15.6 Å². The number of piperidine rings is 1. The molecule has 1 aromatic rings. The van der Waals surface area contributed by atoms with E-state index in [1.807, 2.05) is 13.1 Å². The number of nitrogens with zero attached hydrogens (tertiary/aromatic N) is 1. The number of aryl methyl sites for hydroxylation is 1. The van der Waals surface area contributed by atoms with E-state index in [-0.39, 0.29) is 17.4 Å². The van der Waals surface area contributed by atoms with Crippen LogP contribution in [0, 0.1) is 12.3 Å². The van der Waals surface area contributed by atoms with Gasteiger partial charge in [-0.15, -0.1) is 11.3 Å². The molecule has 0 aromatic carbocycles. The van der Waals surface area contributed by atoms with Crippen LogP contribution >= 0.6 is 11.3 Å². The molecule has 0 radical (unpaired) electrons. The van der Waals surface area contributed by atoms with Gasteiger partial charge in [0, 0.05) is 11.1 Å². The molecule has 1 atom stereocenters. The number of hydrogen-bond acceptors (Lipinski definition) is 4. The third kappa shape index (κ3) is 3.09. The molecular formula is C13H21N3OS. The molecule has 1 unspecified atom stereocenters. The summed E-state index contributed by atoms with van der Waals surface area (Å²) in [7, 11) is 0. The maximum absolute atomic E-state index is 12.2. The minimum absolute atomic E-state index is 0.0289. The summed E-state index contributed by atoms with van der Waals surface area (Å²) in [4.78, 5) is 17.6. The van der Waals surface area contributed by atoms with E-state index in [2.05, 4.69) is 29.5 Å². The molecule has 1 saturated heterocycles. The maximum atomic E-state index is 12.2. The minimum Gasteiger partial charge on any atom is -0.348 e. The Morgan fingerprint density at radius 3 is 3.06 bits per heavy atom. The summed E-state index contributed by atoms with van der Waals surface area (Å²) in [6.45, 7) is 7.78. The highest BCUT2D eigenvalue weighted by atomic mass is 32.1. The van der Waals surface area contributed by atoms with E-state index in [0.717, 1.165) is 24.4 Å². The number of amides is 1. The highest BCUT2D eigenvalue weighted by Crippen LogP contribution is 2.30. The van der Waals surface area contributed by atoms with Gasteiger partial charge < -0.3 is 10.6 Å². The Balaban J connectivity index is 1.91. The van der Waals surface area contributed by atoms with Crippen molar-refractivity contribution >= 4 is 17.2 Å². The van der Waals surface area contributed by atoms with Crippen LogP contribution in [0.4, 0.5) is 0 Å². The lowest BCUT2D eigenvalue weighted by atomic mass is 9.77. The molecular weight excluding hydrogens is 246 g/mol. The zero-order valence-electron chi connectivity index (χ0n) is 11.2. The number of carbonyl (C=O) groups is 1. The van der Waals surface area contributed by atoms with Gasteiger partial charge in [-0.2, -0.15) is 0 Å². The van der Waals surface area contributed by atoms with Gasteiger partial charge in [-0.05, 0) is 31.7 Å². The van der Waals surface area contributed by atoms with E-state index in [4.69, 9.17) is 0 Å². The van der Waals surface area contributed by atoms with Crippen molar-refractivity contribution < 1.29 is 4.79 Å². The molecule has 18 heavy (non-hydrogen) atoms. The first-order valence-electron chi connectivity index (χ1n) is 6.41. The van der Waals surface area contributed by atoms with Gasteiger partial charge in [0.05, 0.1) is 12.6 Å². The number of rotatable bonds is 3. The van der Waals surface area contributed by atoms with Crippen LogP contribution in [0.3, 0.4) is 0 Å². The van der Waals surface area contributed by atoms with Crippen LogP contribution in [0.1, 0.15) is 36.6 Å². The van der Waals surface area contributed by atoms with Gasteiger partial charge in [-0.1, -0.05) is 13.8 Å². The molecule has 0 spiro atoms. The second-order valence-corrected chi connectivity index (χ2v) is 6.88. The zero-order valence-corrected chi connectivity index (χ0v) is 12.1. The molecule has 1 aromatic heterocycles. The monoisotopic (exact) mass is 267 g/mol. The summed E-state index contributed by atoms with van der Waals surface area (Å²) in [6, 6.07) is -0.0905. The second-order valence-electron chi connectivity index (χ2n) is 5.56. The van der Waals surface area contributed by atoms with Crippen LogP contribution in [0.15, 0.2) is 6.20 Å². The van der Waals surface area contributed by atoms with Crippen molar-refractivity contribution in [3.63, 3.8) is 0 Å². The van der Waals surface area contributed by atoms with E-state index in [1.54, 1.807) is 11.3 Å². The molecule has 1 aliphatic rings. The lowest BCUT2D eigenvalue weighted by Gasteiger charge is -2.38. The Morgan fingerprint density at radius 2 is 2.44 bits per heavy atom. The maximum Gasteiger partial charge on any atom is 0.238 e. The smallest absolute Gasteiger partial charge is 0.238 e. The fraction of sp³-hybridized carbons (Fsp3) is 0.692. The summed E-state index contributed by atoms with van der Waals surface area (Å²) in [5.74, 6) is 0.0903. The second kappa shape index (κ2) is 5.36. The molecule has 0 aliphatic carbocycles. The Morgan fingerprint density at radius 1 is 1.67 bits per heavy atom. The normalized spacial score (nSPS) is 22.7. The first kappa shape index (κ1) is 13.5. The Bertz CT molecular complexity index is 428. The van der Waals surface area contributed by atoms with Crippen LogP contribution in [0.25, 0.3) is 0 Å². The van der Waals surface area contributed by atoms with Crippen molar-refractivity contribution in [2.24, 2.45) is 5.41 Å². The van der Waals surface area contributed by atoms with Crippen molar-refractivity contribution in [1.29, 1.82) is 0 Å². The lowest BCUT2D eigenvalue weighted by Crippen LogP contribution is -2.55.